The van der Waals surface area contributed by atoms with Gasteiger partial charge in [-0.15, -0.1) is 0 Å². The Kier molecular flexibility index (Phi) is 5.94. The molecule has 9 heteroatoms. The molecule has 6 rings (SSSR count). The van der Waals surface area contributed by atoms with Gasteiger partial charge >= 0.3 is 6.18 Å². The van der Waals surface area contributed by atoms with E-state index in [0.29, 0.717) is 29.5 Å². The lowest BCUT2D eigenvalue weighted by atomic mass is 9.76. The van der Waals surface area contributed by atoms with Crippen LogP contribution in [0.4, 0.5) is 19.0 Å². The summed E-state index contributed by atoms with van der Waals surface area (Å²) in [5.41, 5.74) is 2.93. The quantitative estimate of drug-likeness (QED) is 0.549. The number of pyridine rings is 3. The summed E-state index contributed by atoms with van der Waals surface area (Å²) in [6, 6.07) is 7.94. The van der Waals surface area contributed by atoms with Crippen LogP contribution in [-0.2, 0) is 6.18 Å². The number of carbonyl (C=O) groups excluding carboxylic acids is 1. The molecule has 0 radical (unpaired) electrons. The SMILES string of the molecule is Cc1cnc(C(=O)N2CC3CC[C@H]2[C@H](Nc2ccc(C(F)(F)F)cn2)C3)c(-c2ncccc2C)c1. The van der Waals surface area contributed by atoms with Crippen molar-refractivity contribution >= 4 is 11.7 Å². The summed E-state index contributed by atoms with van der Waals surface area (Å²) < 4.78 is 38.7. The number of hydrogen-bond donors (Lipinski definition) is 1. The molecule has 1 N–H and O–H groups in total. The van der Waals surface area contributed by atoms with Gasteiger partial charge in [-0.1, -0.05) is 6.07 Å². The molecule has 1 saturated carbocycles. The molecule has 1 unspecified atom stereocenters. The van der Waals surface area contributed by atoms with Crippen LogP contribution in [0.3, 0.4) is 0 Å². The van der Waals surface area contributed by atoms with E-state index in [4.69, 9.17) is 0 Å². The Morgan fingerprint density at radius 3 is 2.60 bits per heavy atom. The highest BCUT2D eigenvalue weighted by Crippen LogP contribution is 2.38. The number of nitrogens with zero attached hydrogens (tertiary/aromatic N) is 4. The van der Waals surface area contributed by atoms with Crippen molar-refractivity contribution in [1.29, 1.82) is 0 Å². The third-order valence-electron chi connectivity index (χ3n) is 6.95. The highest BCUT2D eigenvalue weighted by molar-refractivity contribution is 5.99. The van der Waals surface area contributed by atoms with Crippen LogP contribution in [0.5, 0.6) is 0 Å². The van der Waals surface area contributed by atoms with Crippen LogP contribution in [0, 0.1) is 19.8 Å². The fourth-order valence-electron chi connectivity index (χ4n) is 5.24. The van der Waals surface area contributed by atoms with Crippen molar-refractivity contribution in [2.75, 3.05) is 11.9 Å². The number of carbonyl (C=O) groups is 1. The Morgan fingerprint density at radius 2 is 1.91 bits per heavy atom. The molecule has 3 atom stereocenters. The first-order valence-electron chi connectivity index (χ1n) is 11.7. The molecule has 2 aliphatic heterocycles. The molecule has 2 saturated heterocycles. The van der Waals surface area contributed by atoms with E-state index in [2.05, 4.69) is 20.3 Å². The molecular formula is C26H26F3N5O. The van der Waals surface area contributed by atoms with Crippen molar-refractivity contribution in [2.45, 2.75) is 51.4 Å². The topological polar surface area (TPSA) is 71.0 Å². The maximum absolute atomic E-state index is 13.8. The summed E-state index contributed by atoms with van der Waals surface area (Å²) in [6.45, 7) is 4.53. The number of anilines is 1. The van der Waals surface area contributed by atoms with Crippen molar-refractivity contribution < 1.29 is 18.0 Å². The number of aromatic nitrogens is 3. The van der Waals surface area contributed by atoms with E-state index in [0.717, 1.165) is 48.3 Å². The number of amides is 1. The molecule has 3 aromatic heterocycles. The van der Waals surface area contributed by atoms with Crippen molar-refractivity contribution in [1.82, 2.24) is 19.9 Å². The summed E-state index contributed by atoms with van der Waals surface area (Å²) in [4.78, 5) is 28.7. The van der Waals surface area contributed by atoms with Crippen molar-refractivity contribution in [3.63, 3.8) is 0 Å². The Morgan fingerprint density at radius 1 is 1.09 bits per heavy atom. The third-order valence-corrected chi connectivity index (χ3v) is 6.95. The number of piperidine rings is 2. The van der Waals surface area contributed by atoms with Crippen LogP contribution in [0.25, 0.3) is 11.3 Å². The third kappa shape index (κ3) is 4.59. The van der Waals surface area contributed by atoms with Gasteiger partial charge in [-0.3, -0.25) is 14.8 Å². The molecular weight excluding hydrogens is 455 g/mol. The van der Waals surface area contributed by atoms with E-state index in [-0.39, 0.29) is 18.0 Å². The number of fused-ring (bicyclic) bond motifs is 3. The van der Waals surface area contributed by atoms with E-state index in [1.165, 1.54) is 6.07 Å². The highest BCUT2D eigenvalue weighted by Gasteiger charge is 2.44. The summed E-state index contributed by atoms with van der Waals surface area (Å²) >= 11 is 0. The first-order chi connectivity index (χ1) is 16.7. The van der Waals surface area contributed by atoms with Gasteiger partial charge in [-0.05, 0) is 74.4 Å². The maximum atomic E-state index is 13.8. The molecule has 5 heterocycles. The van der Waals surface area contributed by atoms with Crippen LogP contribution in [-0.4, -0.2) is 44.4 Å². The minimum atomic E-state index is -4.43. The van der Waals surface area contributed by atoms with Gasteiger partial charge in [0, 0.05) is 36.7 Å². The summed E-state index contributed by atoms with van der Waals surface area (Å²) in [6.07, 6.45) is 2.48. The smallest absolute Gasteiger partial charge is 0.365 e. The van der Waals surface area contributed by atoms with Crippen LogP contribution in [0.1, 0.15) is 46.4 Å². The number of aryl methyl sites for hydroxylation is 2. The van der Waals surface area contributed by atoms with Crippen LogP contribution >= 0.6 is 0 Å². The lowest BCUT2D eigenvalue weighted by Crippen LogP contribution is -2.60. The molecule has 1 aliphatic carbocycles. The fourth-order valence-corrected chi connectivity index (χ4v) is 5.24. The molecule has 182 valence electrons. The van der Waals surface area contributed by atoms with E-state index in [9.17, 15) is 18.0 Å². The monoisotopic (exact) mass is 481 g/mol. The first kappa shape index (κ1) is 23.3. The van der Waals surface area contributed by atoms with Gasteiger partial charge in [0.2, 0.25) is 0 Å². The zero-order chi connectivity index (χ0) is 24.7. The van der Waals surface area contributed by atoms with Gasteiger partial charge in [-0.25, -0.2) is 4.98 Å². The summed E-state index contributed by atoms with van der Waals surface area (Å²) in [5, 5.41) is 3.29. The molecule has 3 aromatic rings. The van der Waals surface area contributed by atoms with Gasteiger partial charge in [0.15, 0.2) is 0 Å². The Hall–Kier alpha value is -3.49. The largest absolute Gasteiger partial charge is 0.417 e. The molecule has 6 nitrogen and oxygen atoms in total. The van der Waals surface area contributed by atoms with Crippen molar-refractivity contribution in [3.05, 3.63) is 71.3 Å². The minimum Gasteiger partial charge on any atom is -0.365 e. The normalized spacial score (nSPS) is 21.7. The molecule has 0 aromatic carbocycles. The Balaban J connectivity index is 1.41. The highest BCUT2D eigenvalue weighted by atomic mass is 19.4. The lowest BCUT2D eigenvalue weighted by Gasteiger charge is -2.50. The number of halogens is 3. The lowest BCUT2D eigenvalue weighted by molar-refractivity contribution is -0.137. The number of alkyl halides is 3. The maximum Gasteiger partial charge on any atom is 0.417 e. The second kappa shape index (κ2) is 8.94. The molecule has 0 spiro atoms. The average molecular weight is 482 g/mol. The fraction of sp³-hybridized carbons (Fsp3) is 0.385. The molecule has 35 heavy (non-hydrogen) atoms. The van der Waals surface area contributed by atoms with Gasteiger partial charge in [0.05, 0.1) is 17.3 Å². The van der Waals surface area contributed by atoms with Gasteiger partial charge < -0.3 is 10.2 Å². The number of nitrogens with one attached hydrogen (secondary N) is 1. The zero-order valence-corrected chi connectivity index (χ0v) is 19.5. The van der Waals surface area contributed by atoms with Crippen molar-refractivity contribution in [3.8, 4) is 11.3 Å². The molecule has 3 fully saturated rings. The predicted molar refractivity (Wildman–Crippen MR) is 126 cm³/mol. The molecule has 3 aliphatic rings. The second-order valence-electron chi connectivity index (χ2n) is 9.46. The molecule has 2 bridgehead atoms. The van der Waals surface area contributed by atoms with E-state index in [1.54, 1.807) is 12.4 Å². The summed E-state index contributed by atoms with van der Waals surface area (Å²) in [7, 11) is 0. The predicted octanol–water partition coefficient (Wildman–Crippen LogP) is 5.28. The Bertz CT molecular complexity index is 1240. The van der Waals surface area contributed by atoms with Gasteiger partial charge in [0.25, 0.3) is 5.91 Å². The number of hydrogen-bond acceptors (Lipinski definition) is 5. The van der Waals surface area contributed by atoms with Crippen molar-refractivity contribution in [2.24, 2.45) is 5.92 Å². The van der Waals surface area contributed by atoms with Gasteiger partial charge in [0.1, 0.15) is 11.5 Å². The first-order valence-corrected chi connectivity index (χ1v) is 11.7. The van der Waals surface area contributed by atoms with Crippen LogP contribution < -0.4 is 5.32 Å². The Labute approximate surface area is 201 Å². The molecule has 1 amide bonds. The van der Waals surface area contributed by atoms with E-state index in [1.807, 2.05) is 36.9 Å². The number of rotatable bonds is 4. The van der Waals surface area contributed by atoms with Crippen LogP contribution in [0.2, 0.25) is 0 Å². The second-order valence-corrected chi connectivity index (χ2v) is 9.46. The zero-order valence-electron chi connectivity index (χ0n) is 19.5. The summed E-state index contributed by atoms with van der Waals surface area (Å²) in [5.74, 6) is 0.536. The standard InChI is InChI=1S/C26H26F3N5O/c1-15-10-19(23-16(2)4-3-9-30-23)24(32-12-15)25(35)34-14-17-5-7-21(34)20(11-17)33-22-8-6-18(13-31-22)26(27,28)29/h3-4,6,8-10,12-13,17,20-21H,5,7,11,14H2,1-2H3,(H,31,33)/t17?,20-,21+/m1/s1. The van der Waals surface area contributed by atoms with Crippen LogP contribution in [0.15, 0.2) is 48.9 Å². The van der Waals surface area contributed by atoms with E-state index >= 15 is 0 Å². The van der Waals surface area contributed by atoms with Gasteiger partial charge in [-0.2, -0.15) is 13.2 Å². The van der Waals surface area contributed by atoms with E-state index < -0.39 is 11.7 Å². The minimum absolute atomic E-state index is 0.0961. The average Bonchev–Trinajstić information content (AvgIpc) is 2.84.